The number of hydrogen-bond donors (Lipinski definition) is 0. The Morgan fingerprint density at radius 3 is 1.80 bits per heavy atom. The van der Waals surface area contributed by atoms with Gasteiger partial charge in [0.15, 0.2) is 0 Å². The summed E-state index contributed by atoms with van der Waals surface area (Å²) in [5.41, 5.74) is 0. The van der Waals surface area contributed by atoms with E-state index in [1.165, 1.54) is 25.7 Å². The van der Waals surface area contributed by atoms with Crippen LogP contribution >= 0.6 is 0 Å². The molecule has 0 fully saturated rings. The summed E-state index contributed by atoms with van der Waals surface area (Å²) in [4.78, 5) is 0. The Morgan fingerprint density at radius 2 is 1.50 bits per heavy atom. The minimum atomic E-state index is 0.528. The molecule has 0 unspecified atom stereocenters. The Bertz CT molecular complexity index is 47.5. The molecule has 1 nitrogen and oxygen atoms in total. The Labute approximate surface area is 64.8 Å². The summed E-state index contributed by atoms with van der Waals surface area (Å²) in [6, 6.07) is 0. The molecule has 0 aromatic carbocycles. The van der Waals surface area contributed by atoms with E-state index in [9.17, 15) is 0 Å². The summed E-state index contributed by atoms with van der Waals surface area (Å²) < 4.78 is 5.52. The molecule has 0 atom stereocenters. The topological polar surface area (TPSA) is 9.23 Å². The molecule has 1 heteroatoms. The summed E-state index contributed by atoms with van der Waals surface area (Å²) in [7, 11) is 0. The van der Waals surface area contributed by atoms with Gasteiger partial charge in [0.1, 0.15) is 0 Å². The van der Waals surface area contributed by atoms with E-state index in [1.807, 2.05) is 0 Å². The van der Waals surface area contributed by atoms with E-state index in [4.69, 9.17) is 4.74 Å². The zero-order valence-electron chi connectivity index (χ0n) is 7.52. The van der Waals surface area contributed by atoms with Crippen LogP contribution in [0.2, 0.25) is 0 Å². The van der Waals surface area contributed by atoms with Crippen LogP contribution in [0.5, 0.6) is 0 Å². The maximum Gasteiger partial charge on any atom is 0.0574 e. The molecule has 0 aliphatic heterocycles. The van der Waals surface area contributed by atoms with E-state index >= 15 is 0 Å². The van der Waals surface area contributed by atoms with Gasteiger partial charge in [0, 0.05) is 6.61 Å². The summed E-state index contributed by atoms with van der Waals surface area (Å²) in [6.07, 6.45) is 5.46. The molecule has 0 bridgehead atoms. The second-order valence-electron chi connectivity index (χ2n) is 2.65. The van der Waals surface area contributed by atoms with Gasteiger partial charge in [-0.3, -0.25) is 0 Å². The van der Waals surface area contributed by atoms with Gasteiger partial charge in [0.2, 0.25) is 0 Å². The van der Waals surface area contributed by atoms with E-state index in [2.05, 4.69) is 20.8 Å². The van der Waals surface area contributed by atoms with Crippen LogP contribution in [0.25, 0.3) is 0 Å². The van der Waals surface area contributed by atoms with Gasteiger partial charge in [0.05, 0.1) is 6.10 Å². The predicted molar refractivity (Wildman–Crippen MR) is 45.2 cm³/mol. The molecule has 0 aromatic heterocycles. The molecule has 0 amide bonds. The average Bonchev–Trinajstić information content (AvgIpc) is 1.90. The van der Waals surface area contributed by atoms with Crippen molar-refractivity contribution in [3.8, 4) is 0 Å². The van der Waals surface area contributed by atoms with Crippen molar-refractivity contribution in [2.45, 2.75) is 52.6 Å². The summed E-state index contributed by atoms with van der Waals surface area (Å²) >= 11 is 0. The molecule has 0 aliphatic carbocycles. The minimum Gasteiger partial charge on any atom is -0.379 e. The van der Waals surface area contributed by atoms with Crippen molar-refractivity contribution in [3.05, 3.63) is 0 Å². The van der Waals surface area contributed by atoms with E-state index in [-0.39, 0.29) is 0 Å². The Balaban J connectivity index is 3.30. The first-order chi connectivity index (χ1) is 4.85. The monoisotopic (exact) mass is 144 g/mol. The Hall–Kier alpha value is -0.0400. The zero-order chi connectivity index (χ0) is 7.82. The molecule has 0 heterocycles. The van der Waals surface area contributed by atoms with Gasteiger partial charge in [0.25, 0.3) is 0 Å². The van der Waals surface area contributed by atoms with Crippen molar-refractivity contribution in [1.29, 1.82) is 0 Å². The lowest BCUT2D eigenvalue weighted by Crippen LogP contribution is -2.11. The summed E-state index contributed by atoms with van der Waals surface area (Å²) in [6.45, 7) is 7.35. The molecule has 0 aromatic rings. The second-order valence-corrected chi connectivity index (χ2v) is 2.65. The fourth-order valence-corrected chi connectivity index (χ4v) is 1.19. The van der Waals surface area contributed by atoms with E-state index in [1.54, 1.807) is 0 Å². The third-order valence-corrected chi connectivity index (χ3v) is 1.62. The van der Waals surface area contributed by atoms with Crippen molar-refractivity contribution in [2.75, 3.05) is 6.61 Å². The first-order valence-corrected chi connectivity index (χ1v) is 4.46. The average molecular weight is 144 g/mol. The highest BCUT2D eigenvalue weighted by molar-refractivity contribution is 4.55. The lowest BCUT2D eigenvalue weighted by molar-refractivity contribution is 0.0498. The van der Waals surface area contributed by atoms with Gasteiger partial charge in [-0.15, -0.1) is 0 Å². The molecular weight excluding hydrogens is 124 g/mol. The molecule has 0 N–H and O–H groups in total. The Kier molecular flexibility index (Phi) is 7.04. The lowest BCUT2D eigenvalue weighted by Gasteiger charge is -2.14. The maximum atomic E-state index is 5.52. The lowest BCUT2D eigenvalue weighted by atomic mass is 10.1. The van der Waals surface area contributed by atoms with Crippen LogP contribution in [0.3, 0.4) is 0 Å². The van der Waals surface area contributed by atoms with Gasteiger partial charge < -0.3 is 4.74 Å². The first-order valence-electron chi connectivity index (χ1n) is 4.46. The fourth-order valence-electron chi connectivity index (χ4n) is 1.19. The van der Waals surface area contributed by atoms with Crippen LogP contribution in [-0.2, 0) is 4.74 Å². The van der Waals surface area contributed by atoms with Crippen molar-refractivity contribution < 1.29 is 4.74 Å². The van der Waals surface area contributed by atoms with Crippen LogP contribution < -0.4 is 0 Å². The number of ether oxygens (including phenoxy) is 1. The smallest absolute Gasteiger partial charge is 0.0574 e. The Morgan fingerprint density at radius 1 is 1.00 bits per heavy atom. The van der Waals surface area contributed by atoms with Gasteiger partial charge in [-0.25, -0.2) is 0 Å². The second kappa shape index (κ2) is 7.07. The highest BCUT2D eigenvalue weighted by Crippen LogP contribution is 2.08. The van der Waals surface area contributed by atoms with Crippen molar-refractivity contribution >= 4 is 0 Å². The van der Waals surface area contributed by atoms with Gasteiger partial charge >= 0.3 is 0 Å². The standard InChI is InChI=1S/C9H20O/c1-4-7-9(8-5-2)10-6-3/h9H,4-8H2,1-3H3. The molecule has 0 saturated carbocycles. The molecule has 62 valence electrons. The fraction of sp³-hybridized carbons (Fsp3) is 1.00. The minimum absolute atomic E-state index is 0.528. The number of hydrogen-bond acceptors (Lipinski definition) is 1. The van der Waals surface area contributed by atoms with Crippen LogP contribution in [0.1, 0.15) is 46.5 Å². The van der Waals surface area contributed by atoms with E-state index in [0.29, 0.717) is 6.10 Å². The predicted octanol–water partition coefficient (Wildman–Crippen LogP) is 2.99. The quantitative estimate of drug-likeness (QED) is 0.557. The molecule has 0 radical (unpaired) electrons. The van der Waals surface area contributed by atoms with E-state index in [0.717, 1.165) is 6.61 Å². The first kappa shape index (κ1) is 9.96. The van der Waals surface area contributed by atoms with Crippen molar-refractivity contribution in [3.63, 3.8) is 0 Å². The molecule has 0 aliphatic rings. The van der Waals surface area contributed by atoms with Crippen LogP contribution in [-0.4, -0.2) is 12.7 Å². The molecular formula is C9H20O. The van der Waals surface area contributed by atoms with E-state index < -0.39 is 0 Å². The third-order valence-electron chi connectivity index (χ3n) is 1.62. The SMILES string of the molecule is CCCC(CCC)OCC. The normalized spacial score (nSPS) is 10.8. The van der Waals surface area contributed by atoms with Crippen LogP contribution in [0.4, 0.5) is 0 Å². The maximum absolute atomic E-state index is 5.52. The highest BCUT2D eigenvalue weighted by atomic mass is 16.5. The summed E-state index contributed by atoms with van der Waals surface area (Å²) in [5, 5.41) is 0. The van der Waals surface area contributed by atoms with Crippen molar-refractivity contribution in [2.24, 2.45) is 0 Å². The summed E-state index contributed by atoms with van der Waals surface area (Å²) in [5.74, 6) is 0. The van der Waals surface area contributed by atoms with Gasteiger partial charge in [-0.1, -0.05) is 26.7 Å². The van der Waals surface area contributed by atoms with Gasteiger partial charge in [-0.2, -0.15) is 0 Å². The van der Waals surface area contributed by atoms with Crippen LogP contribution in [0.15, 0.2) is 0 Å². The highest BCUT2D eigenvalue weighted by Gasteiger charge is 2.03. The van der Waals surface area contributed by atoms with Gasteiger partial charge in [-0.05, 0) is 19.8 Å². The number of rotatable bonds is 6. The largest absolute Gasteiger partial charge is 0.379 e. The zero-order valence-corrected chi connectivity index (χ0v) is 7.52. The molecule has 0 rings (SSSR count). The molecule has 0 saturated heterocycles. The molecule has 0 spiro atoms. The van der Waals surface area contributed by atoms with Crippen molar-refractivity contribution in [1.82, 2.24) is 0 Å². The van der Waals surface area contributed by atoms with Crippen LogP contribution in [0, 0.1) is 0 Å². The molecule has 10 heavy (non-hydrogen) atoms. The third kappa shape index (κ3) is 4.80.